The van der Waals surface area contributed by atoms with Crippen molar-refractivity contribution in [1.29, 1.82) is 0 Å². The first-order valence-electron chi connectivity index (χ1n) is 2.73. The summed E-state index contributed by atoms with van der Waals surface area (Å²) in [6.45, 7) is 0. The van der Waals surface area contributed by atoms with Gasteiger partial charge in [-0.3, -0.25) is 0 Å². The summed E-state index contributed by atoms with van der Waals surface area (Å²) in [5.41, 5.74) is 5.22. The zero-order chi connectivity index (χ0) is 8.43. The normalized spacial score (nSPS) is 9.18. The Labute approximate surface area is 68.2 Å². The van der Waals surface area contributed by atoms with Crippen molar-refractivity contribution in [2.45, 2.75) is 0 Å². The average molecular weight is 171 g/mol. The maximum atomic E-state index is 12.7. The molecule has 1 aromatic rings. The van der Waals surface area contributed by atoms with E-state index in [4.69, 9.17) is 23.8 Å². The van der Waals surface area contributed by atoms with Gasteiger partial charge in [-0.1, -0.05) is 17.5 Å². The molecule has 2 nitrogen and oxygen atoms in total. The Balaban J connectivity index is 3.44. The third-order valence-electron chi connectivity index (χ3n) is 1.14. The smallest absolute Gasteiger partial charge is 0.158 e. The zero-order valence-corrected chi connectivity index (χ0v) is 6.19. The van der Waals surface area contributed by atoms with Crippen molar-refractivity contribution in [3.63, 3.8) is 0 Å². The number of nitrogens with two attached hydrogens (primary N) is 1. The van der Waals surface area contributed by atoms with Gasteiger partial charge in [-0.2, -0.15) is 0 Å². The minimum atomic E-state index is -0.633. The molecule has 0 radical (unpaired) electrons. The van der Waals surface area contributed by atoms with Gasteiger partial charge in [-0.15, -0.1) is 6.42 Å². The number of rotatable bonds is 0. The van der Waals surface area contributed by atoms with Gasteiger partial charge in [-0.25, -0.2) is 9.37 Å². The largest absolute Gasteiger partial charge is 0.382 e. The predicted octanol–water partition coefficient (Wildman–Crippen LogP) is 1.44. The van der Waals surface area contributed by atoms with Crippen molar-refractivity contribution in [3.05, 3.63) is 22.6 Å². The summed E-state index contributed by atoms with van der Waals surface area (Å²) in [5.74, 6) is 1.49. The van der Waals surface area contributed by atoms with Gasteiger partial charge in [0.1, 0.15) is 10.8 Å². The van der Waals surface area contributed by atoms with E-state index >= 15 is 0 Å². The van der Waals surface area contributed by atoms with Crippen LogP contribution >= 0.6 is 11.6 Å². The Morgan fingerprint density at radius 2 is 2.36 bits per heavy atom. The van der Waals surface area contributed by atoms with E-state index in [2.05, 4.69) is 10.9 Å². The van der Waals surface area contributed by atoms with E-state index in [1.807, 2.05) is 0 Å². The second-order valence-electron chi connectivity index (χ2n) is 1.82. The number of nitrogens with zero attached hydrogens (tertiary/aromatic N) is 1. The van der Waals surface area contributed by atoms with E-state index in [-0.39, 0.29) is 16.4 Å². The number of hydrogen-bond donors (Lipinski definition) is 1. The number of nitrogen functional groups attached to an aromatic ring is 1. The summed E-state index contributed by atoms with van der Waals surface area (Å²) in [5, 5.41) is -0.00694. The molecule has 1 heterocycles. The van der Waals surface area contributed by atoms with Crippen molar-refractivity contribution in [2.24, 2.45) is 0 Å². The molecule has 0 amide bonds. The van der Waals surface area contributed by atoms with Gasteiger partial charge < -0.3 is 5.73 Å². The maximum absolute atomic E-state index is 12.7. The average Bonchev–Trinajstić information content (AvgIpc) is 1.99. The van der Waals surface area contributed by atoms with Crippen LogP contribution in [0.4, 0.5) is 10.2 Å². The molecule has 0 aromatic carbocycles. The standard InChI is InChI=1S/C7H4ClFN2/c1-2-4-5(9)3-11-7(10)6(4)8/h1,3H,(H2,10,11). The lowest BCUT2D eigenvalue weighted by molar-refractivity contribution is 0.618. The Bertz CT molecular complexity index is 330. The molecule has 0 unspecified atom stereocenters. The fraction of sp³-hybridized carbons (Fsp3) is 0. The Morgan fingerprint density at radius 1 is 1.73 bits per heavy atom. The van der Waals surface area contributed by atoms with Crippen LogP contribution in [0.2, 0.25) is 5.02 Å². The van der Waals surface area contributed by atoms with Gasteiger partial charge in [0.15, 0.2) is 5.82 Å². The SMILES string of the molecule is C#Cc1c(F)cnc(N)c1Cl. The van der Waals surface area contributed by atoms with Crippen molar-refractivity contribution in [2.75, 3.05) is 5.73 Å². The van der Waals surface area contributed by atoms with Gasteiger partial charge in [-0.05, 0) is 0 Å². The molecule has 0 spiro atoms. The fourth-order valence-corrected chi connectivity index (χ4v) is 0.806. The summed E-state index contributed by atoms with van der Waals surface area (Å²) in [6.07, 6.45) is 5.90. The maximum Gasteiger partial charge on any atom is 0.158 e. The number of halogens is 2. The molecule has 0 bridgehead atoms. The van der Waals surface area contributed by atoms with Crippen LogP contribution < -0.4 is 5.73 Å². The minimum Gasteiger partial charge on any atom is -0.382 e. The van der Waals surface area contributed by atoms with Crippen LogP contribution in [-0.4, -0.2) is 4.98 Å². The third kappa shape index (κ3) is 1.26. The van der Waals surface area contributed by atoms with Crippen LogP contribution in [0.25, 0.3) is 0 Å². The highest BCUT2D eigenvalue weighted by atomic mass is 35.5. The van der Waals surface area contributed by atoms with Crippen LogP contribution in [0.1, 0.15) is 5.56 Å². The summed E-state index contributed by atoms with van der Waals surface area (Å²) in [6, 6.07) is 0. The van der Waals surface area contributed by atoms with Gasteiger partial charge in [0, 0.05) is 0 Å². The lowest BCUT2D eigenvalue weighted by Gasteiger charge is -1.99. The summed E-state index contributed by atoms with van der Waals surface area (Å²) in [4.78, 5) is 3.46. The van der Waals surface area contributed by atoms with Crippen molar-refractivity contribution >= 4 is 17.4 Å². The lowest BCUT2D eigenvalue weighted by Crippen LogP contribution is -1.95. The van der Waals surface area contributed by atoms with Gasteiger partial charge in [0.25, 0.3) is 0 Å². The molecular formula is C7H4ClFN2. The van der Waals surface area contributed by atoms with E-state index in [1.165, 1.54) is 0 Å². The van der Waals surface area contributed by atoms with E-state index in [9.17, 15) is 4.39 Å². The van der Waals surface area contributed by atoms with E-state index < -0.39 is 5.82 Å². The second-order valence-corrected chi connectivity index (χ2v) is 2.20. The van der Waals surface area contributed by atoms with Crippen LogP contribution in [0.3, 0.4) is 0 Å². The molecule has 0 fully saturated rings. The summed E-state index contributed by atoms with van der Waals surface area (Å²) in [7, 11) is 0. The first kappa shape index (κ1) is 7.83. The highest BCUT2D eigenvalue weighted by Crippen LogP contribution is 2.22. The monoisotopic (exact) mass is 170 g/mol. The summed E-state index contributed by atoms with van der Waals surface area (Å²) < 4.78 is 12.7. The molecule has 0 aliphatic carbocycles. The molecule has 1 rings (SSSR count). The molecule has 1 aromatic heterocycles. The predicted molar refractivity (Wildman–Crippen MR) is 41.6 cm³/mol. The van der Waals surface area contributed by atoms with Crippen LogP contribution in [-0.2, 0) is 0 Å². The molecule has 11 heavy (non-hydrogen) atoms. The van der Waals surface area contributed by atoms with Gasteiger partial charge >= 0.3 is 0 Å². The number of pyridine rings is 1. The van der Waals surface area contributed by atoms with Crippen LogP contribution in [0, 0.1) is 18.2 Å². The molecule has 2 N–H and O–H groups in total. The minimum absolute atomic E-state index is 0.00694. The third-order valence-corrected chi connectivity index (χ3v) is 1.53. The number of hydrogen-bond acceptors (Lipinski definition) is 2. The van der Waals surface area contributed by atoms with E-state index in [0.29, 0.717) is 0 Å². The highest BCUT2D eigenvalue weighted by molar-refractivity contribution is 6.33. The number of aromatic nitrogens is 1. The molecule has 4 heteroatoms. The first-order valence-corrected chi connectivity index (χ1v) is 3.10. The number of anilines is 1. The topological polar surface area (TPSA) is 38.9 Å². The lowest BCUT2D eigenvalue weighted by atomic mass is 10.2. The molecule has 0 saturated carbocycles. The van der Waals surface area contributed by atoms with Crippen LogP contribution in [0.15, 0.2) is 6.20 Å². The summed E-state index contributed by atoms with van der Waals surface area (Å²) >= 11 is 5.53. The van der Waals surface area contributed by atoms with Gasteiger partial charge in [0.2, 0.25) is 0 Å². The number of terminal acetylenes is 1. The van der Waals surface area contributed by atoms with Crippen LogP contribution in [0.5, 0.6) is 0 Å². The molecule has 0 aliphatic heterocycles. The van der Waals surface area contributed by atoms with Crippen molar-refractivity contribution in [3.8, 4) is 12.3 Å². The molecule has 0 aliphatic rings. The Kier molecular flexibility index (Phi) is 1.97. The Morgan fingerprint density at radius 3 is 2.82 bits per heavy atom. The van der Waals surface area contributed by atoms with Crippen molar-refractivity contribution in [1.82, 2.24) is 4.98 Å². The molecular weight excluding hydrogens is 167 g/mol. The van der Waals surface area contributed by atoms with Gasteiger partial charge in [0.05, 0.1) is 11.8 Å². The van der Waals surface area contributed by atoms with Crippen molar-refractivity contribution < 1.29 is 4.39 Å². The molecule has 0 saturated heterocycles. The fourth-order valence-electron chi connectivity index (χ4n) is 0.613. The van der Waals surface area contributed by atoms with E-state index in [0.717, 1.165) is 6.20 Å². The quantitative estimate of drug-likeness (QED) is 0.599. The Hall–Kier alpha value is -1.27. The molecule has 56 valence electrons. The first-order chi connectivity index (χ1) is 5.16. The second kappa shape index (κ2) is 2.77. The van der Waals surface area contributed by atoms with E-state index in [1.54, 1.807) is 0 Å². The highest BCUT2D eigenvalue weighted by Gasteiger charge is 2.07. The zero-order valence-electron chi connectivity index (χ0n) is 5.44. The molecule has 0 atom stereocenters.